The summed E-state index contributed by atoms with van der Waals surface area (Å²) in [5.41, 5.74) is 3.32. The Kier molecular flexibility index (Phi) is 6.62. The van der Waals surface area contributed by atoms with Crippen molar-refractivity contribution in [2.45, 2.75) is 36.2 Å². The minimum atomic E-state index is -0.508. The van der Waals surface area contributed by atoms with Crippen molar-refractivity contribution >= 4 is 35.1 Å². The van der Waals surface area contributed by atoms with Crippen LogP contribution >= 0.6 is 23.4 Å². The number of benzene rings is 2. The molecule has 2 heterocycles. The van der Waals surface area contributed by atoms with E-state index in [-0.39, 0.29) is 5.78 Å². The average molecular weight is 513 g/mol. The van der Waals surface area contributed by atoms with Crippen LogP contribution in [0.3, 0.4) is 0 Å². The molecule has 0 fully saturated rings. The van der Waals surface area contributed by atoms with Gasteiger partial charge >= 0.3 is 0 Å². The van der Waals surface area contributed by atoms with Gasteiger partial charge in [0.15, 0.2) is 17.3 Å². The average Bonchev–Trinajstić information content (AvgIpc) is 3.28. The van der Waals surface area contributed by atoms with Crippen LogP contribution in [0.5, 0.6) is 17.2 Å². The fourth-order valence-electron chi connectivity index (χ4n) is 4.51. The molecule has 8 nitrogen and oxygen atoms in total. The van der Waals surface area contributed by atoms with Gasteiger partial charge in [-0.2, -0.15) is 4.98 Å². The van der Waals surface area contributed by atoms with Crippen LogP contribution in [0.25, 0.3) is 0 Å². The van der Waals surface area contributed by atoms with Gasteiger partial charge < -0.3 is 19.5 Å². The lowest BCUT2D eigenvalue weighted by Gasteiger charge is -2.33. The molecule has 0 saturated carbocycles. The number of carbonyl (C=O) groups excluding carboxylic acids is 1. The highest BCUT2D eigenvalue weighted by molar-refractivity contribution is 7.98. The number of thioether (sulfide) groups is 1. The van der Waals surface area contributed by atoms with Gasteiger partial charge in [-0.3, -0.25) is 4.79 Å². The van der Waals surface area contributed by atoms with Crippen LogP contribution < -0.4 is 19.5 Å². The van der Waals surface area contributed by atoms with Crippen molar-refractivity contribution in [2.75, 3.05) is 26.6 Å². The predicted molar refractivity (Wildman–Crippen MR) is 135 cm³/mol. The number of carbonyl (C=O) groups is 1. The van der Waals surface area contributed by atoms with Crippen molar-refractivity contribution in [3.05, 3.63) is 63.8 Å². The Hall–Kier alpha value is -3.17. The van der Waals surface area contributed by atoms with E-state index < -0.39 is 6.04 Å². The standard InChI is InChI=1S/C25H25ClN4O4S/c1-32-19-12-21(34-3)20(33-2)11-15(19)23-22-17(9-6-10-18(22)31)27-24-28-25(29-30(23)24)35-13-14-7-4-5-8-16(14)26/h4-5,7-8,11-12,23H,6,9-10,13H2,1-3H3,(H,27,28,29). The molecule has 3 aromatic rings. The maximum atomic E-state index is 13.2. The molecule has 10 heteroatoms. The van der Waals surface area contributed by atoms with Crippen molar-refractivity contribution in [1.82, 2.24) is 14.8 Å². The largest absolute Gasteiger partial charge is 0.496 e. The smallest absolute Gasteiger partial charge is 0.227 e. The first kappa shape index (κ1) is 23.6. The number of rotatable bonds is 7. The van der Waals surface area contributed by atoms with Gasteiger partial charge in [0.2, 0.25) is 11.1 Å². The quantitative estimate of drug-likeness (QED) is 0.428. The fraction of sp³-hybridized carbons (Fsp3) is 0.320. The lowest BCUT2D eigenvalue weighted by atomic mass is 9.85. The lowest BCUT2D eigenvalue weighted by molar-refractivity contribution is -0.116. The van der Waals surface area contributed by atoms with Crippen molar-refractivity contribution in [2.24, 2.45) is 0 Å². The number of allylic oxidation sites excluding steroid dienone is 2. The minimum absolute atomic E-state index is 0.0898. The topological polar surface area (TPSA) is 87.5 Å². The second kappa shape index (κ2) is 9.83. The number of hydrogen-bond donors (Lipinski definition) is 1. The summed E-state index contributed by atoms with van der Waals surface area (Å²) < 4.78 is 18.5. The molecule has 2 aliphatic rings. The highest BCUT2D eigenvalue weighted by Crippen LogP contribution is 2.46. The first-order valence-corrected chi connectivity index (χ1v) is 12.6. The highest BCUT2D eigenvalue weighted by atomic mass is 35.5. The molecule has 1 unspecified atom stereocenters. The molecular weight excluding hydrogens is 488 g/mol. The number of nitrogens with one attached hydrogen (secondary N) is 1. The van der Waals surface area contributed by atoms with E-state index >= 15 is 0 Å². The molecule has 0 spiro atoms. The molecule has 2 aromatic carbocycles. The molecule has 1 aromatic heterocycles. The summed E-state index contributed by atoms with van der Waals surface area (Å²) in [7, 11) is 4.75. The SMILES string of the molecule is COc1cc(OC)c(C2C3=C(CCCC3=O)Nc3nc(SCc4ccccc4Cl)nn32)cc1OC. The lowest BCUT2D eigenvalue weighted by Crippen LogP contribution is -2.31. The Balaban J connectivity index is 1.59. The van der Waals surface area contributed by atoms with Gasteiger partial charge in [-0.05, 0) is 30.5 Å². The monoisotopic (exact) mass is 512 g/mol. The zero-order valence-corrected chi connectivity index (χ0v) is 21.2. The van der Waals surface area contributed by atoms with Gasteiger partial charge in [-0.15, -0.1) is 5.10 Å². The summed E-state index contributed by atoms with van der Waals surface area (Å²) in [6.45, 7) is 0. The van der Waals surface area contributed by atoms with E-state index in [4.69, 9.17) is 35.9 Å². The summed E-state index contributed by atoms with van der Waals surface area (Å²) in [5, 5.41) is 9.45. The molecular formula is C25H25ClN4O4S. The molecule has 1 N–H and O–H groups in total. The third-order valence-electron chi connectivity index (χ3n) is 6.19. The van der Waals surface area contributed by atoms with Crippen LogP contribution in [0.1, 0.15) is 36.4 Å². The van der Waals surface area contributed by atoms with Crippen molar-refractivity contribution < 1.29 is 19.0 Å². The molecule has 0 radical (unpaired) electrons. The number of halogens is 1. The molecule has 5 rings (SSSR count). The molecule has 1 atom stereocenters. The molecule has 0 bridgehead atoms. The van der Waals surface area contributed by atoms with Crippen molar-refractivity contribution in [1.29, 1.82) is 0 Å². The Morgan fingerprint density at radius 1 is 1.09 bits per heavy atom. The van der Waals surface area contributed by atoms with Gasteiger partial charge in [0.05, 0.1) is 21.3 Å². The maximum Gasteiger partial charge on any atom is 0.227 e. The van der Waals surface area contributed by atoms with E-state index in [2.05, 4.69) is 5.32 Å². The Morgan fingerprint density at radius 2 is 1.83 bits per heavy atom. The van der Waals surface area contributed by atoms with E-state index in [0.717, 1.165) is 29.7 Å². The molecule has 1 aliphatic heterocycles. The second-order valence-electron chi connectivity index (χ2n) is 8.19. The number of aromatic nitrogens is 3. The Morgan fingerprint density at radius 3 is 2.57 bits per heavy atom. The summed E-state index contributed by atoms with van der Waals surface area (Å²) in [6, 6.07) is 10.8. The number of fused-ring (bicyclic) bond motifs is 1. The van der Waals surface area contributed by atoms with Crippen LogP contribution in [-0.2, 0) is 10.5 Å². The van der Waals surface area contributed by atoms with Crippen LogP contribution in [0.4, 0.5) is 5.95 Å². The first-order valence-electron chi connectivity index (χ1n) is 11.2. The minimum Gasteiger partial charge on any atom is -0.496 e. The van der Waals surface area contributed by atoms with Crippen LogP contribution in [0.2, 0.25) is 5.02 Å². The molecule has 0 saturated heterocycles. The molecule has 0 amide bonds. The predicted octanol–water partition coefficient (Wildman–Crippen LogP) is 5.27. The van der Waals surface area contributed by atoms with Crippen molar-refractivity contribution in [3.63, 3.8) is 0 Å². The van der Waals surface area contributed by atoms with Gasteiger partial charge in [0.1, 0.15) is 11.8 Å². The summed E-state index contributed by atoms with van der Waals surface area (Å²) in [5.74, 6) is 2.96. The summed E-state index contributed by atoms with van der Waals surface area (Å²) >= 11 is 7.82. The number of ether oxygens (including phenoxy) is 3. The normalized spacial score (nSPS) is 16.9. The second-order valence-corrected chi connectivity index (χ2v) is 9.54. The number of anilines is 1. The van der Waals surface area contributed by atoms with E-state index in [1.54, 1.807) is 32.1 Å². The first-order chi connectivity index (χ1) is 17.0. The van der Waals surface area contributed by atoms with Crippen LogP contribution in [0.15, 0.2) is 52.8 Å². The third kappa shape index (κ3) is 4.34. The Labute approximate surface area is 212 Å². The maximum absolute atomic E-state index is 13.2. The van der Waals surface area contributed by atoms with Gasteiger partial charge in [0.25, 0.3) is 0 Å². The van der Waals surface area contributed by atoms with Gasteiger partial charge in [0, 0.05) is 40.1 Å². The highest BCUT2D eigenvalue weighted by Gasteiger charge is 2.38. The van der Waals surface area contributed by atoms with E-state index in [1.807, 2.05) is 30.3 Å². The number of methoxy groups -OCH3 is 3. The number of nitrogens with zero attached hydrogens (tertiary/aromatic N) is 3. The van der Waals surface area contributed by atoms with Crippen LogP contribution in [0, 0.1) is 0 Å². The van der Waals surface area contributed by atoms with E-state index in [9.17, 15) is 4.79 Å². The van der Waals surface area contributed by atoms with Gasteiger partial charge in [-0.1, -0.05) is 41.6 Å². The van der Waals surface area contributed by atoms with Gasteiger partial charge in [-0.25, -0.2) is 4.68 Å². The molecule has 1 aliphatic carbocycles. The fourth-order valence-corrected chi connectivity index (χ4v) is 5.62. The summed E-state index contributed by atoms with van der Waals surface area (Å²) in [4.78, 5) is 17.9. The number of hydrogen-bond acceptors (Lipinski definition) is 8. The van der Waals surface area contributed by atoms with Crippen LogP contribution in [-0.4, -0.2) is 41.9 Å². The zero-order chi connectivity index (χ0) is 24.5. The third-order valence-corrected chi connectivity index (χ3v) is 7.45. The Bertz CT molecular complexity index is 1320. The van der Waals surface area contributed by atoms with Crippen molar-refractivity contribution in [3.8, 4) is 17.2 Å². The molecule has 35 heavy (non-hydrogen) atoms. The van der Waals surface area contributed by atoms with E-state index in [0.29, 0.717) is 51.1 Å². The van der Waals surface area contributed by atoms with E-state index in [1.165, 1.54) is 11.8 Å². The summed E-state index contributed by atoms with van der Waals surface area (Å²) in [6.07, 6.45) is 2.05. The number of Topliss-reactive ketones (excluding diaryl/α,β-unsaturated/α-hetero) is 1. The zero-order valence-electron chi connectivity index (χ0n) is 19.6. The molecule has 182 valence electrons. The number of ketones is 1.